The Balaban J connectivity index is 2.67. The van der Waals surface area contributed by atoms with Crippen LogP contribution in [0.2, 0.25) is 0 Å². The first-order valence-electron chi connectivity index (χ1n) is 6.96. The van der Waals surface area contributed by atoms with Crippen LogP contribution in [0.5, 0.6) is 5.75 Å². The van der Waals surface area contributed by atoms with Crippen molar-refractivity contribution in [3.05, 3.63) is 29.8 Å². The zero-order valence-corrected chi connectivity index (χ0v) is 14.2. The molecule has 2 unspecified atom stereocenters. The molecule has 0 aromatic heterocycles. The fourth-order valence-electron chi connectivity index (χ4n) is 1.87. The zero-order valence-electron chi connectivity index (χ0n) is 13.4. The van der Waals surface area contributed by atoms with E-state index in [1.807, 2.05) is 52.0 Å². The van der Waals surface area contributed by atoms with Gasteiger partial charge in [-0.15, -0.1) is 11.8 Å². The number of benzene rings is 1. The Labute approximate surface area is 131 Å². The summed E-state index contributed by atoms with van der Waals surface area (Å²) in [6, 6.07) is 7.70. The van der Waals surface area contributed by atoms with Crippen LogP contribution in [0, 0.1) is 0 Å². The third-order valence-corrected chi connectivity index (χ3v) is 4.19. The van der Waals surface area contributed by atoms with E-state index in [2.05, 4.69) is 0 Å². The van der Waals surface area contributed by atoms with Crippen molar-refractivity contribution in [2.45, 2.75) is 44.6 Å². The molecule has 0 spiro atoms. The molecule has 2 N–H and O–H groups in total. The van der Waals surface area contributed by atoms with Crippen LogP contribution in [-0.2, 0) is 9.53 Å². The van der Waals surface area contributed by atoms with Crippen LogP contribution in [0.1, 0.15) is 38.5 Å². The lowest BCUT2D eigenvalue weighted by molar-refractivity contribution is -0.151. The van der Waals surface area contributed by atoms with Gasteiger partial charge in [-0.2, -0.15) is 0 Å². The van der Waals surface area contributed by atoms with Gasteiger partial charge in [0.25, 0.3) is 0 Å². The lowest BCUT2D eigenvalue weighted by atomic mass is 10.1. The summed E-state index contributed by atoms with van der Waals surface area (Å²) >= 11 is 1.50. The number of esters is 1. The van der Waals surface area contributed by atoms with Gasteiger partial charge in [-0.1, -0.05) is 12.1 Å². The summed E-state index contributed by atoms with van der Waals surface area (Å²) in [7, 11) is 1.63. The number of carbonyl (C=O) groups excluding carboxylic acids is 1. The van der Waals surface area contributed by atoms with Crippen molar-refractivity contribution in [3.8, 4) is 5.75 Å². The van der Waals surface area contributed by atoms with E-state index < -0.39 is 5.60 Å². The van der Waals surface area contributed by atoms with Gasteiger partial charge in [-0.3, -0.25) is 4.79 Å². The maximum atomic E-state index is 11.8. The van der Waals surface area contributed by atoms with Crippen molar-refractivity contribution in [2.24, 2.45) is 5.73 Å². The summed E-state index contributed by atoms with van der Waals surface area (Å²) in [5.74, 6) is 0.876. The number of ether oxygens (including phenoxy) is 2. The average molecular weight is 311 g/mol. The number of hydrogen-bond donors (Lipinski definition) is 1. The smallest absolute Gasteiger partial charge is 0.316 e. The van der Waals surface area contributed by atoms with Crippen LogP contribution in [0.25, 0.3) is 0 Å². The molecule has 0 aliphatic heterocycles. The second-order valence-electron chi connectivity index (χ2n) is 5.95. The first-order chi connectivity index (χ1) is 9.73. The highest BCUT2D eigenvalue weighted by molar-refractivity contribution is 8.00. The van der Waals surface area contributed by atoms with Gasteiger partial charge in [-0.05, 0) is 45.4 Å². The molecule has 0 saturated heterocycles. The monoisotopic (exact) mass is 311 g/mol. The molecular formula is C16H25NO3S. The van der Waals surface area contributed by atoms with Crippen LogP contribution < -0.4 is 10.5 Å². The minimum absolute atomic E-state index is 0.0448. The van der Waals surface area contributed by atoms with E-state index >= 15 is 0 Å². The molecule has 1 aromatic rings. The number of methoxy groups -OCH3 is 1. The van der Waals surface area contributed by atoms with Gasteiger partial charge in [0.1, 0.15) is 11.4 Å². The summed E-state index contributed by atoms with van der Waals surface area (Å²) in [6.45, 7) is 7.53. The summed E-state index contributed by atoms with van der Waals surface area (Å²) < 4.78 is 10.5. The highest BCUT2D eigenvalue weighted by atomic mass is 32.2. The molecule has 2 atom stereocenters. The lowest BCUT2D eigenvalue weighted by Gasteiger charge is -2.23. The van der Waals surface area contributed by atoms with Gasteiger partial charge < -0.3 is 15.2 Å². The molecule has 0 amide bonds. The Hall–Kier alpha value is -1.20. The molecule has 0 aliphatic rings. The van der Waals surface area contributed by atoms with Crippen LogP contribution in [0.15, 0.2) is 24.3 Å². The molecule has 0 bridgehead atoms. The van der Waals surface area contributed by atoms with Gasteiger partial charge >= 0.3 is 5.97 Å². The number of thioether (sulfide) groups is 1. The molecule has 5 heteroatoms. The standard InChI is InChI=1S/C16H25NO3S/c1-11(17)15(12-6-8-13(19-5)9-7-12)21-10-14(18)20-16(2,3)4/h6-9,11,15H,10,17H2,1-5H3. The summed E-state index contributed by atoms with van der Waals surface area (Å²) in [4.78, 5) is 11.8. The molecule has 0 heterocycles. The fourth-order valence-corrected chi connectivity index (χ4v) is 2.90. The van der Waals surface area contributed by atoms with Crippen LogP contribution in [0.3, 0.4) is 0 Å². The molecule has 0 aliphatic carbocycles. The topological polar surface area (TPSA) is 61.5 Å². The van der Waals surface area contributed by atoms with Crippen molar-refractivity contribution in [3.63, 3.8) is 0 Å². The van der Waals surface area contributed by atoms with Crippen molar-refractivity contribution in [2.75, 3.05) is 12.9 Å². The van der Waals surface area contributed by atoms with Gasteiger partial charge in [0.15, 0.2) is 0 Å². The van der Waals surface area contributed by atoms with Crippen molar-refractivity contribution >= 4 is 17.7 Å². The highest BCUT2D eigenvalue weighted by Crippen LogP contribution is 2.32. The van der Waals surface area contributed by atoms with E-state index in [-0.39, 0.29) is 23.0 Å². The van der Waals surface area contributed by atoms with Gasteiger partial charge in [0, 0.05) is 11.3 Å². The van der Waals surface area contributed by atoms with Crippen molar-refractivity contribution in [1.82, 2.24) is 0 Å². The average Bonchev–Trinajstić information content (AvgIpc) is 2.37. The number of carbonyl (C=O) groups is 1. The van der Waals surface area contributed by atoms with E-state index in [0.717, 1.165) is 11.3 Å². The molecule has 1 aromatic carbocycles. The molecule has 1 rings (SSSR count). The second-order valence-corrected chi connectivity index (χ2v) is 7.08. The number of rotatable bonds is 6. The van der Waals surface area contributed by atoms with E-state index in [1.54, 1.807) is 7.11 Å². The van der Waals surface area contributed by atoms with Crippen molar-refractivity contribution < 1.29 is 14.3 Å². The van der Waals surface area contributed by atoms with Gasteiger partial charge in [0.2, 0.25) is 0 Å². The Morgan fingerprint density at radius 3 is 2.29 bits per heavy atom. The zero-order chi connectivity index (χ0) is 16.0. The van der Waals surface area contributed by atoms with Crippen molar-refractivity contribution in [1.29, 1.82) is 0 Å². The molecule has 0 radical (unpaired) electrons. The van der Waals surface area contributed by atoms with Crippen LogP contribution in [-0.4, -0.2) is 30.5 Å². The summed E-state index contributed by atoms with van der Waals surface area (Å²) in [5.41, 5.74) is 6.67. The Kier molecular flexibility index (Phi) is 6.55. The summed E-state index contributed by atoms with van der Waals surface area (Å²) in [6.07, 6.45) is 0. The fraction of sp³-hybridized carbons (Fsp3) is 0.562. The lowest BCUT2D eigenvalue weighted by Crippen LogP contribution is -2.27. The Bertz CT molecular complexity index is 452. The molecular weight excluding hydrogens is 286 g/mol. The molecule has 118 valence electrons. The van der Waals surface area contributed by atoms with E-state index in [1.165, 1.54) is 11.8 Å². The number of nitrogens with two attached hydrogens (primary N) is 1. The molecule has 4 nitrogen and oxygen atoms in total. The normalized spacial score (nSPS) is 14.4. The Morgan fingerprint density at radius 1 is 1.29 bits per heavy atom. The number of hydrogen-bond acceptors (Lipinski definition) is 5. The largest absolute Gasteiger partial charge is 0.497 e. The van der Waals surface area contributed by atoms with Gasteiger partial charge in [-0.25, -0.2) is 0 Å². The second kappa shape index (κ2) is 7.71. The summed E-state index contributed by atoms with van der Waals surface area (Å²) in [5, 5.41) is 0.0448. The minimum atomic E-state index is -0.457. The van der Waals surface area contributed by atoms with E-state index in [9.17, 15) is 4.79 Å². The van der Waals surface area contributed by atoms with Crippen LogP contribution >= 0.6 is 11.8 Å². The van der Waals surface area contributed by atoms with Crippen LogP contribution in [0.4, 0.5) is 0 Å². The van der Waals surface area contributed by atoms with Gasteiger partial charge in [0.05, 0.1) is 12.9 Å². The first kappa shape index (κ1) is 17.9. The third-order valence-electron chi connectivity index (χ3n) is 2.72. The van der Waals surface area contributed by atoms with E-state index in [0.29, 0.717) is 0 Å². The predicted octanol–water partition coefficient (Wildman–Crippen LogP) is 3.16. The third kappa shape index (κ3) is 6.40. The molecule has 0 saturated carbocycles. The molecule has 21 heavy (non-hydrogen) atoms. The highest BCUT2D eigenvalue weighted by Gasteiger charge is 2.21. The first-order valence-corrected chi connectivity index (χ1v) is 8.01. The quantitative estimate of drug-likeness (QED) is 0.818. The SMILES string of the molecule is COc1ccc(C(SCC(=O)OC(C)(C)C)C(C)N)cc1. The molecule has 0 fully saturated rings. The maximum Gasteiger partial charge on any atom is 0.316 e. The van der Waals surface area contributed by atoms with E-state index in [4.69, 9.17) is 15.2 Å². The minimum Gasteiger partial charge on any atom is -0.497 e. The Morgan fingerprint density at radius 2 is 1.86 bits per heavy atom. The predicted molar refractivity (Wildman–Crippen MR) is 87.7 cm³/mol. The maximum absolute atomic E-state index is 11.8.